The van der Waals surface area contributed by atoms with E-state index in [0.29, 0.717) is 16.9 Å². The van der Waals surface area contributed by atoms with Crippen LogP contribution in [0.3, 0.4) is 0 Å². The third-order valence-electron chi connectivity index (χ3n) is 3.10. The van der Waals surface area contributed by atoms with Crippen LogP contribution in [0.2, 0.25) is 0 Å². The number of hydrogen-bond donors (Lipinski definition) is 1. The maximum atomic E-state index is 5.59. The predicted octanol–water partition coefficient (Wildman–Crippen LogP) is 1.20. The summed E-state index contributed by atoms with van der Waals surface area (Å²) in [7, 11) is 0. The van der Waals surface area contributed by atoms with Crippen molar-refractivity contribution in [2.45, 2.75) is 25.7 Å². The Morgan fingerprint density at radius 1 is 1.33 bits per heavy atom. The Morgan fingerprint density at radius 2 is 2.11 bits per heavy atom. The SMILES string of the molecule is Cc1nc(C2CCN(c3nnc(N)s3)CC2)no1. The van der Waals surface area contributed by atoms with Gasteiger partial charge in [0, 0.05) is 25.9 Å². The van der Waals surface area contributed by atoms with Crippen LogP contribution >= 0.6 is 11.3 Å². The van der Waals surface area contributed by atoms with E-state index in [1.807, 2.05) is 6.92 Å². The average molecular weight is 266 g/mol. The molecule has 8 heteroatoms. The molecule has 1 aliphatic rings. The molecule has 1 saturated heterocycles. The number of nitrogens with two attached hydrogens (primary N) is 1. The lowest BCUT2D eigenvalue weighted by Gasteiger charge is -2.29. The molecule has 96 valence electrons. The quantitative estimate of drug-likeness (QED) is 0.872. The lowest BCUT2D eigenvalue weighted by atomic mass is 9.96. The number of aromatic nitrogens is 4. The molecule has 0 radical (unpaired) electrons. The predicted molar refractivity (Wildman–Crippen MR) is 67.5 cm³/mol. The van der Waals surface area contributed by atoms with Gasteiger partial charge in [0.25, 0.3) is 0 Å². The smallest absolute Gasteiger partial charge is 0.223 e. The van der Waals surface area contributed by atoms with E-state index < -0.39 is 0 Å². The van der Waals surface area contributed by atoms with Crippen LogP contribution in [0.1, 0.15) is 30.5 Å². The van der Waals surface area contributed by atoms with E-state index in [9.17, 15) is 0 Å². The van der Waals surface area contributed by atoms with E-state index >= 15 is 0 Å². The minimum atomic E-state index is 0.379. The number of anilines is 2. The molecule has 18 heavy (non-hydrogen) atoms. The molecule has 3 heterocycles. The highest BCUT2D eigenvalue weighted by molar-refractivity contribution is 7.18. The van der Waals surface area contributed by atoms with Gasteiger partial charge in [0.15, 0.2) is 5.82 Å². The Hall–Kier alpha value is -1.70. The summed E-state index contributed by atoms with van der Waals surface area (Å²) in [5.74, 6) is 1.83. The van der Waals surface area contributed by atoms with Crippen molar-refractivity contribution < 1.29 is 4.52 Å². The normalized spacial score (nSPS) is 17.3. The number of nitrogens with zero attached hydrogens (tertiary/aromatic N) is 5. The fraction of sp³-hybridized carbons (Fsp3) is 0.600. The van der Waals surface area contributed by atoms with Crippen molar-refractivity contribution >= 4 is 21.6 Å². The number of rotatable bonds is 2. The monoisotopic (exact) mass is 266 g/mol. The first-order chi connectivity index (χ1) is 8.72. The van der Waals surface area contributed by atoms with Gasteiger partial charge in [0.1, 0.15) is 0 Å². The standard InChI is InChI=1S/C10H14N6OS/c1-6-12-8(15-17-6)7-2-4-16(5-3-7)10-14-13-9(11)18-10/h7H,2-5H2,1H3,(H2,11,13). The molecule has 0 unspecified atom stereocenters. The molecule has 2 aromatic heterocycles. The highest BCUT2D eigenvalue weighted by Gasteiger charge is 2.25. The molecule has 1 aliphatic heterocycles. The molecule has 0 aromatic carbocycles. The van der Waals surface area contributed by atoms with Crippen molar-refractivity contribution in [2.75, 3.05) is 23.7 Å². The molecule has 2 aromatic rings. The molecular formula is C10H14N6OS. The van der Waals surface area contributed by atoms with Gasteiger partial charge < -0.3 is 15.2 Å². The first kappa shape index (κ1) is 11.4. The summed E-state index contributed by atoms with van der Waals surface area (Å²) >= 11 is 1.43. The van der Waals surface area contributed by atoms with Gasteiger partial charge >= 0.3 is 0 Å². The first-order valence-electron chi connectivity index (χ1n) is 5.86. The zero-order valence-corrected chi connectivity index (χ0v) is 10.9. The van der Waals surface area contributed by atoms with Gasteiger partial charge in [-0.2, -0.15) is 4.98 Å². The fourth-order valence-corrected chi connectivity index (χ4v) is 2.83. The molecule has 0 amide bonds. The van der Waals surface area contributed by atoms with Crippen molar-refractivity contribution in [3.05, 3.63) is 11.7 Å². The van der Waals surface area contributed by atoms with Crippen LogP contribution in [0, 0.1) is 6.92 Å². The van der Waals surface area contributed by atoms with Crippen LogP contribution in [0.25, 0.3) is 0 Å². The lowest BCUT2D eigenvalue weighted by molar-refractivity contribution is 0.375. The minimum absolute atomic E-state index is 0.379. The fourth-order valence-electron chi connectivity index (χ4n) is 2.16. The number of aryl methyl sites for hydroxylation is 1. The van der Waals surface area contributed by atoms with Gasteiger partial charge in [0.05, 0.1) is 0 Å². The van der Waals surface area contributed by atoms with Crippen LogP contribution in [-0.2, 0) is 0 Å². The summed E-state index contributed by atoms with van der Waals surface area (Å²) in [5.41, 5.74) is 5.59. The Morgan fingerprint density at radius 3 is 2.67 bits per heavy atom. The zero-order chi connectivity index (χ0) is 12.5. The summed E-state index contributed by atoms with van der Waals surface area (Å²) < 4.78 is 5.02. The van der Waals surface area contributed by atoms with Gasteiger partial charge in [0.2, 0.25) is 16.2 Å². The average Bonchev–Trinajstić information content (AvgIpc) is 2.98. The van der Waals surface area contributed by atoms with E-state index in [2.05, 4.69) is 25.2 Å². The molecular weight excluding hydrogens is 252 g/mol. The molecule has 0 spiro atoms. The second-order valence-electron chi connectivity index (χ2n) is 4.36. The highest BCUT2D eigenvalue weighted by atomic mass is 32.1. The van der Waals surface area contributed by atoms with Crippen LogP contribution in [0.5, 0.6) is 0 Å². The Labute approximate surface area is 108 Å². The third-order valence-corrected chi connectivity index (χ3v) is 3.92. The number of piperidine rings is 1. The zero-order valence-electron chi connectivity index (χ0n) is 10.0. The minimum Gasteiger partial charge on any atom is -0.374 e. The molecule has 7 nitrogen and oxygen atoms in total. The molecule has 3 rings (SSSR count). The van der Waals surface area contributed by atoms with E-state index in [1.54, 1.807) is 0 Å². The molecule has 0 aliphatic carbocycles. The topological polar surface area (TPSA) is 94.0 Å². The van der Waals surface area contributed by atoms with Crippen molar-refractivity contribution in [3.8, 4) is 0 Å². The van der Waals surface area contributed by atoms with Crippen LogP contribution in [0.4, 0.5) is 10.3 Å². The maximum absolute atomic E-state index is 5.59. The molecule has 0 atom stereocenters. The molecule has 2 N–H and O–H groups in total. The summed E-state index contributed by atoms with van der Waals surface area (Å²) in [6, 6.07) is 0. The van der Waals surface area contributed by atoms with Gasteiger partial charge in [-0.3, -0.25) is 0 Å². The van der Waals surface area contributed by atoms with Crippen LogP contribution in [-0.4, -0.2) is 33.4 Å². The van der Waals surface area contributed by atoms with E-state index in [1.165, 1.54) is 11.3 Å². The lowest BCUT2D eigenvalue weighted by Crippen LogP contribution is -2.33. The summed E-state index contributed by atoms with van der Waals surface area (Å²) in [4.78, 5) is 6.50. The van der Waals surface area contributed by atoms with Crippen LogP contribution < -0.4 is 10.6 Å². The Kier molecular flexibility index (Phi) is 2.86. The number of hydrogen-bond acceptors (Lipinski definition) is 8. The molecule has 0 bridgehead atoms. The van der Waals surface area contributed by atoms with Gasteiger partial charge in [-0.15, -0.1) is 10.2 Å². The summed E-state index contributed by atoms with van der Waals surface area (Å²) in [6.07, 6.45) is 2.00. The molecule has 0 saturated carbocycles. The van der Waals surface area contributed by atoms with Gasteiger partial charge in [-0.1, -0.05) is 16.5 Å². The van der Waals surface area contributed by atoms with Crippen molar-refractivity contribution in [1.82, 2.24) is 20.3 Å². The van der Waals surface area contributed by atoms with Crippen molar-refractivity contribution in [1.29, 1.82) is 0 Å². The van der Waals surface area contributed by atoms with E-state index in [-0.39, 0.29) is 0 Å². The summed E-state index contributed by atoms with van der Waals surface area (Å²) in [5, 5.41) is 13.3. The van der Waals surface area contributed by atoms with Crippen LogP contribution in [0.15, 0.2) is 4.52 Å². The maximum Gasteiger partial charge on any atom is 0.223 e. The Balaban J connectivity index is 1.64. The summed E-state index contributed by atoms with van der Waals surface area (Å²) in [6.45, 7) is 3.66. The van der Waals surface area contributed by atoms with E-state index in [0.717, 1.165) is 36.9 Å². The third kappa shape index (κ3) is 2.15. The second kappa shape index (κ2) is 4.52. The van der Waals surface area contributed by atoms with Gasteiger partial charge in [-0.25, -0.2) is 0 Å². The van der Waals surface area contributed by atoms with Crippen molar-refractivity contribution in [2.24, 2.45) is 0 Å². The van der Waals surface area contributed by atoms with Crippen molar-refractivity contribution in [3.63, 3.8) is 0 Å². The number of nitrogen functional groups attached to an aromatic ring is 1. The van der Waals surface area contributed by atoms with Gasteiger partial charge in [-0.05, 0) is 12.8 Å². The highest BCUT2D eigenvalue weighted by Crippen LogP contribution is 2.30. The largest absolute Gasteiger partial charge is 0.374 e. The van der Waals surface area contributed by atoms with E-state index in [4.69, 9.17) is 10.3 Å². The molecule has 1 fully saturated rings. The Bertz CT molecular complexity index is 482. The first-order valence-corrected chi connectivity index (χ1v) is 6.68. The second-order valence-corrected chi connectivity index (χ2v) is 5.34.